The van der Waals surface area contributed by atoms with Gasteiger partial charge in [0.05, 0.1) is 0 Å². The molecule has 70 valence electrons. The van der Waals surface area contributed by atoms with Crippen molar-refractivity contribution >= 4 is 15.9 Å². The van der Waals surface area contributed by atoms with Crippen LogP contribution >= 0.6 is 15.9 Å². The lowest BCUT2D eigenvalue weighted by atomic mass is 9.97. The number of rotatable bonds is 3. The van der Waals surface area contributed by atoms with Gasteiger partial charge in [-0.2, -0.15) is 0 Å². The van der Waals surface area contributed by atoms with Crippen molar-refractivity contribution in [2.75, 3.05) is 18.5 Å². The highest BCUT2D eigenvalue weighted by Crippen LogP contribution is 2.19. The molecular weight excluding hydrogens is 216 g/mol. The molecule has 12 heavy (non-hydrogen) atoms. The minimum absolute atomic E-state index is 0.770. The Morgan fingerprint density at radius 3 is 2.67 bits per heavy atom. The maximum absolute atomic E-state index is 5.31. The Morgan fingerprint density at radius 1 is 1.50 bits per heavy atom. The van der Waals surface area contributed by atoms with E-state index in [0.717, 1.165) is 24.5 Å². The monoisotopic (exact) mass is 232 g/mol. The first-order valence-corrected chi connectivity index (χ1v) is 5.82. The first-order valence-electron chi connectivity index (χ1n) is 4.70. The Balaban J connectivity index is 2.39. The minimum Gasteiger partial charge on any atom is -0.381 e. The summed E-state index contributed by atoms with van der Waals surface area (Å²) in [7, 11) is 0. The average molecular weight is 233 g/mol. The van der Waals surface area contributed by atoms with Gasteiger partial charge in [0.2, 0.25) is 0 Å². The molecule has 0 aromatic rings. The molecule has 0 saturated carbocycles. The predicted molar refractivity (Wildman–Crippen MR) is 55.7 cm³/mol. The van der Waals surface area contributed by atoms with Crippen molar-refractivity contribution in [1.29, 1.82) is 0 Å². The number of hydrogen-bond donors (Lipinski definition) is 0. The largest absolute Gasteiger partial charge is 0.381 e. The van der Waals surface area contributed by atoms with Crippen LogP contribution in [-0.4, -0.2) is 18.5 Å². The van der Waals surface area contributed by atoms with Crippen LogP contribution in [0.25, 0.3) is 0 Å². The SMILES string of the molecule is CCC(=CC1CCOCC1)CBr. The number of ether oxygens (including phenoxy) is 1. The van der Waals surface area contributed by atoms with Gasteiger partial charge in [-0.1, -0.05) is 34.5 Å². The Hall–Kier alpha value is 0.180. The Bertz CT molecular complexity index is 142. The van der Waals surface area contributed by atoms with E-state index in [9.17, 15) is 0 Å². The molecule has 1 aliphatic rings. The summed E-state index contributed by atoms with van der Waals surface area (Å²) in [6.45, 7) is 4.10. The van der Waals surface area contributed by atoms with Gasteiger partial charge in [0, 0.05) is 18.5 Å². The highest BCUT2D eigenvalue weighted by atomic mass is 79.9. The van der Waals surface area contributed by atoms with Gasteiger partial charge in [-0.25, -0.2) is 0 Å². The van der Waals surface area contributed by atoms with E-state index >= 15 is 0 Å². The van der Waals surface area contributed by atoms with Gasteiger partial charge in [0.1, 0.15) is 0 Å². The van der Waals surface area contributed by atoms with E-state index in [1.165, 1.54) is 24.8 Å². The van der Waals surface area contributed by atoms with Gasteiger partial charge >= 0.3 is 0 Å². The van der Waals surface area contributed by atoms with Gasteiger partial charge in [0.15, 0.2) is 0 Å². The smallest absolute Gasteiger partial charge is 0.0471 e. The van der Waals surface area contributed by atoms with Gasteiger partial charge in [0.25, 0.3) is 0 Å². The second-order valence-electron chi connectivity index (χ2n) is 3.26. The van der Waals surface area contributed by atoms with Crippen LogP contribution in [0.15, 0.2) is 11.6 Å². The third kappa shape index (κ3) is 3.28. The van der Waals surface area contributed by atoms with Gasteiger partial charge in [-0.3, -0.25) is 0 Å². The lowest BCUT2D eigenvalue weighted by molar-refractivity contribution is 0.0783. The molecule has 0 N–H and O–H groups in total. The summed E-state index contributed by atoms with van der Waals surface area (Å²) < 4.78 is 5.31. The molecule has 0 bridgehead atoms. The first-order chi connectivity index (χ1) is 5.86. The Labute approximate surface area is 83.3 Å². The van der Waals surface area contributed by atoms with Crippen LogP contribution in [0.4, 0.5) is 0 Å². The molecule has 0 atom stereocenters. The minimum atomic E-state index is 0.770. The summed E-state index contributed by atoms with van der Waals surface area (Å²) in [4.78, 5) is 0. The number of alkyl halides is 1. The second-order valence-corrected chi connectivity index (χ2v) is 3.82. The lowest BCUT2D eigenvalue weighted by Crippen LogP contribution is -2.14. The molecule has 2 heteroatoms. The summed E-state index contributed by atoms with van der Waals surface area (Å²) in [5.41, 5.74) is 1.53. The molecule has 0 aliphatic carbocycles. The fourth-order valence-electron chi connectivity index (χ4n) is 1.47. The predicted octanol–water partition coefficient (Wildman–Crippen LogP) is 3.14. The summed E-state index contributed by atoms with van der Waals surface area (Å²) in [5.74, 6) is 0.770. The van der Waals surface area contributed by atoms with Crippen molar-refractivity contribution in [3.8, 4) is 0 Å². The Morgan fingerprint density at radius 2 is 2.17 bits per heavy atom. The van der Waals surface area contributed by atoms with Crippen LogP contribution in [0, 0.1) is 5.92 Å². The van der Waals surface area contributed by atoms with E-state index < -0.39 is 0 Å². The van der Waals surface area contributed by atoms with E-state index in [1.807, 2.05) is 0 Å². The number of allylic oxidation sites excluding steroid dienone is 2. The third-order valence-corrected chi connectivity index (χ3v) is 3.08. The van der Waals surface area contributed by atoms with E-state index in [4.69, 9.17) is 4.74 Å². The van der Waals surface area contributed by atoms with Gasteiger partial charge in [-0.15, -0.1) is 0 Å². The average Bonchev–Trinajstić information content (AvgIpc) is 2.16. The second kappa shape index (κ2) is 5.76. The topological polar surface area (TPSA) is 9.23 Å². The molecule has 0 amide bonds. The van der Waals surface area contributed by atoms with Crippen molar-refractivity contribution in [3.63, 3.8) is 0 Å². The zero-order valence-electron chi connectivity index (χ0n) is 7.68. The third-order valence-electron chi connectivity index (χ3n) is 2.36. The van der Waals surface area contributed by atoms with Crippen LogP contribution in [0.2, 0.25) is 0 Å². The highest BCUT2D eigenvalue weighted by molar-refractivity contribution is 9.09. The van der Waals surface area contributed by atoms with Gasteiger partial charge in [-0.05, 0) is 25.2 Å². The van der Waals surface area contributed by atoms with E-state index in [1.54, 1.807) is 0 Å². The van der Waals surface area contributed by atoms with Crippen molar-refractivity contribution in [2.24, 2.45) is 5.92 Å². The van der Waals surface area contributed by atoms with Crippen LogP contribution < -0.4 is 0 Å². The zero-order valence-corrected chi connectivity index (χ0v) is 9.27. The van der Waals surface area contributed by atoms with Crippen LogP contribution in [0.3, 0.4) is 0 Å². The zero-order chi connectivity index (χ0) is 8.81. The van der Waals surface area contributed by atoms with Crippen molar-refractivity contribution in [1.82, 2.24) is 0 Å². The lowest BCUT2D eigenvalue weighted by Gasteiger charge is -2.19. The molecule has 1 saturated heterocycles. The molecule has 0 spiro atoms. The van der Waals surface area contributed by atoms with Crippen LogP contribution in [-0.2, 0) is 4.74 Å². The van der Waals surface area contributed by atoms with Crippen molar-refractivity contribution in [2.45, 2.75) is 26.2 Å². The molecule has 0 unspecified atom stereocenters. The Kier molecular flexibility index (Phi) is 4.93. The van der Waals surface area contributed by atoms with E-state index in [0.29, 0.717) is 0 Å². The fraction of sp³-hybridized carbons (Fsp3) is 0.800. The van der Waals surface area contributed by atoms with Crippen molar-refractivity contribution in [3.05, 3.63) is 11.6 Å². The molecule has 1 fully saturated rings. The summed E-state index contributed by atoms with van der Waals surface area (Å²) in [6.07, 6.45) is 6.01. The quantitative estimate of drug-likeness (QED) is 0.537. The standard InChI is InChI=1S/C10H17BrO/c1-2-9(8-11)7-10-3-5-12-6-4-10/h7,10H,2-6,8H2,1H3. The van der Waals surface area contributed by atoms with E-state index in [2.05, 4.69) is 28.9 Å². The molecule has 0 radical (unpaired) electrons. The van der Waals surface area contributed by atoms with E-state index in [-0.39, 0.29) is 0 Å². The maximum Gasteiger partial charge on any atom is 0.0471 e. The molecular formula is C10H17BrO. The molecule has 1 heterocycles. The molecule has 0 aromatic heterocycles. The van der Waals surface area contributed by atoms with Crippen LogP contribution in [0.1, 0.15) is 26.2 Å². The number of halogens is 1. The van der Waals surface area contributed by atoms with Crippen LogP contribution in [0.5, 0.6) is 0 Å². The first kappa shape index (κ1) is 10.3. The molecule has 1 rings (SSSR count). The highest BCUT2D eigenvalue weighted by Gasteiger charge is 2.11. The van der Waals surface area contributed by atoms with Gasteiger partial charge < -0.3 is 4.74 Å². The van der Waals surface area contributed by atoms with Crippen molar-refractivity contribution < 1.29 is 4.74 Å². The summed E-state index contributed by atoms with van der Waals surface area (Å²) in [6, 6.07) is 0. The number of hydrogen-bond acceptors (Lipinski definition) is 1. The molecule has 1 aliphatic heterocycles. The molecule has 0 aromatic carbocycles. The normalized spacial score (nSPS) is 21.3. The summed E-state index contributed by atoms with van der Waals surface area (Å²) in [5, 5.41) is 1.03. The summed E-state index contributed by atoms with van der Waals surface area (Å²) >= 11 is 3.50. The molecule has 1 nitrogen and oxygen atoms in total. The fourth-order valence-corrected chi connectivity index (χ4v) is 2.06. The maximum atomic E-state index is 5.31.